The van der Waals surface area contributed by atoms with E-state index in [9.17, 15) is 9.59 Å². The van der Waals surface area contributed by atoms with Gasteiger partial charge in [0, 0.05) is 16.5 Å². The Morgan fingerprint density at radius 1 is 0.944 bits per heavy atom. The summed E-state index contributed by atoms with van der Waals surface area (Å²) in [7, 11) is 0. The Hall–Kier alpha value is -3.16. The van der Waals surface area contributed by atoms with Crippen LogP contribution in [0.2, 0.25) is 0 Å². The van der Waals surface area contributed by atoms with Gasteiger partial charge in [-0.2, -0.15) is 0 Å². The highest BCUT2D eigenvalue weighted by atomic mass is 32.2. The van der Waals surface area contributed by atoms with Crippen LogP contribution < -0.4 is 10.6 Å². The Balaban J connectivity index is 1.30. The van der Waals surface area contributed by atoms with Crippen molar-refractivity contribution in [1.82, 2.24) is 4.98 Å². The summed E-state index contributed by atoms with van der Waals surface area (Å²) in [6.45, 7) is 2.05. The normalized spacial score (nSPS) is 14.9. The van der Waals surface area contributed by atoms with Crippen LogP contribution in [-0.2, 0) is 9.59 Å². The molecule has 1 aliphatic carbocycles. The highest BCUT2D eigenvalue weighted by Crippen LogP contribution is 2.37. The van der Waals surface area contributed by atoms with Crippen molar-refractivity contribution in [3.05, 3.63) is 83.9 Å². The maximum atomic E-state index is 13.4. The first-order valence-electron chi connectivity index (χ1n) is 12.4. The van der Waals surface area contributed by atoms with Gasteiger partial charge in [-0.1, -0.05) is 67.0 Å². The third-order valence-corrected chi connectivity index (χ3v) is 8.67. The number of hydrogen-bond donors (Lipinski definition) is 2. The van der Waals surface area contributed by atoms with Crippen molar-refractivity contribution in [3.8, 4) is 0 Å². The summed E-state index contributed by atoms with van der Waals surface area (Å²) in [5, 5.41) is 6.25. The minimum absolute atomic E-state index is 0.114. The lowest BCUT2D eigenvalue weighted by Crippen LogP contribution is -2.24. The lowest BCUT2D eigenvalue weighted by Gasteiger charge is -2.21. The molecule has 1 atom stereocenters. The number of aryl methyl sites for hydroxylation is 1. The van der Waals surface area contributed by atoms with Crippen molar-refractivity contribution in [2.75, 3.05) is 10.6 Å². The number of hydrogen-bond acceptors (Lipinski definition) is 5. The van der Waals surface area contributed by atoms with Gasteiger partial charge >= 0.3 is 0 Å². The molecule has 1 fully saturated rings. The fourth-order valence-corrected chi connectivity index (χ4v) is 6.51. The van der Waals surface area contributed by atoms with Crippen molar-refractivity contribution in [3.63, 3.8) is 0 Å². The second kappa shape index (κ2) is 11.3. The number of rotatable bonds is 7. The van der Waals surface area contributed by atoms with Crippen LogP contribution >= 0.6 is 23.1 Å². The molecule has 0 aliphatic heterocycles. The first-order chi connectivity index (χ1) is 17.5. The van der Waals surface area contributed by atoms with E-state index in [1.165, 1.54) is 35.1 Å². The van der Waals surface area contributed by atoms with Gasteiger partial charge in [-0.3, -0.25) is 9.59 Å². The van der Waals surface area contributed by atoms with Gasteiger partial charge in [0.25, 0.3) is 0 Å². The number of fused-ring (bicyclic) bond motifs is 1. The predicted octanol–water partition coefficient (Wildman–Crippen LogP) is 7.60. The van der Waals surface area contributed by atoms with Crippen LogP contribution in [0, 0.1) is 12.8 Å². The van der Waals surface area contributed by atoms with Crippen LogP contribution in [0.1, 0.15) is 48.5 Å². The van der Waals surface area contributed by atoms with Crippen molar-refractivity contribution in [2.45, 2.75) is 49.2 Å². The second-order valence-electron chi connectivity index (χ2n) is 9.24. The zero-order valence-corrected chi connectivity index (χ0v) is 21.8. The van der Waals surface area contributed by atoms with Crippen molar-refractivity contribution in [1.29, 1.82) is 0 Å². The molecule has 1 saturated carbocycles. The van der Waals surface area contributed by atoms with Crippen LogP contribution in [0.3, 0.4) is 0 Å². The largest absolute Gasteiger partial charge is 0.326 e. The Kier molecular flexibility index (Phi) is 7.68. The van der Waals surface area contributed by atoms with Gasteiger partial charge in [-0.15, -0.1) is 11.8 Å². The number of amides is 2. The molecule has 184 valence electrons. The number of benzene rings is 3. The molecule has 7 heteroatoms. The summed E-state index contributed by atoms with van der Waals surface area (Å²) in [6.07, 6.45) is 5.44. The number of carbonyl (C=O) groups excluding carboxylic acids is 2. The van der Waals surface area contributed by atoms with Gasteiger partial charge < -0.3 is 10.6 Å². The monoisotopic (exact) mass is 515 g/mol. The van der Waals surface area contributed by atoms with E-state index in [0.717, 1.165) is 52.0 Å². The lowest BCUT2D eigenvalue weighted by molar-refractivity contribution is -0.120. The van der Waals surface area contributed by atoms with Crippen LogP contribution in [0.5, 0.6) is 0 Å². The molecular weight excluding hydrogens is 486 g/mol. The Morgan fingerprint density at radius 2 is 1.69 bits per heavy atom. The van der Waals surface area contributed by atoms with Gasteiger partial charge in [0.1, 0.15) is 5.25 Å². The third-order valence-electron chi connectivity index (χ3n) is 6.47. The number of anilines is 2. The van der Waals surface area contributed by atoms with E-state index in [1.807, 2.05) is 73.7 Å². The maximum absolute atomic E-state index is 13.4. The maximum Gasteiger partial charge on any atom is 0.244 e. The lowest BCUT2D eigenvalue weighted by atomic mass is 9.88. The molecule has 1 heterocycles. The van der Waals surface area contributed by atoms with E-state index < -0.39 is 5.25 Å². The number of nitrogens with one attached hydrogen (secondary N) is 2. The predicted molar refractivity (Wildman–Crippen MR) is 150 cm³/mol. The SMILES string of the molecule is Cc1ccc2nc(NC(=O)C(Sc3ccc(NC(=O)C4CCCCC4)cc3)c3ccccc3)sc2c1. The first-order valence-corrected chi connectivity index (χ1v) is 14.1. The molecule has 5 rings (SSSR count). The fraction of sp³-hybridized carbons (Fsp3) is 0.276. The number of nitrogens with zero attached hydrogens (tertiary/aromatic N) is 1. The van der Waals surface area contributed by atoms with E-state index in [2.05, 4.69) is 21.7 Å². The van der Waals surface area contributed by atoms with Crippen LogP contribution in [0.15, 0.2) is 77.7 Å². The van der Waals surface area contributed by atoms with E-state index >= 15 is 0 Å². The van der Waals surface area contributed by atoms with Crippen molar-refractivity contribution >= 4 is 55.9 Å². The van der Waals surface area contributed by atoms with Gasteiger partial charge in [-0.25, -0.2) is 4.98 Å². The molecule has 2 amide bonds. The standard InChI is InChI=1S/C29H29N3O2S2/c1-19-12-17-24-25(18-19)36-29(31-24)32-28(34)26(20-8-4-2-5-9-20)35-23-15-13-22(14-16-23)30-27(33)21-10-6-3-7-11-21/h2,4-5,8-9,12-18,21,26H,3,6-7,10-11H2,1H3,(H,30,33)(H,31,32,34). The van der Waals surface area contributed by atoms with Gasteiger partial charge in [0.05, 0.1) is 10.2 Å². The molecule has 5 nitrogen and oxygen atoms in total. The van der Waals surface area contributed by atoms with Crippen molar-refractivity contribution in [2.24, 2.45) is 5.92 Å². The number of thiazole rings is 1. The van der Waals surface area contributed by atoms with E-state index in [-0.39, 0.29) is 17.7 Å². The fourth-order valence-electron chi connectivity index (χ4n) is 4.52. The Labute approximate surface area is 219 Å². The summed E-state index contributed by atoms with van der Waals surface area (Å²) in [5.74, 6) is 0.115. The molecule has 0 radical (unpaired) electrons. The first kappa shape index (κ1) is 24.5. The molecule has 1 unspecified atom stereocenters. The molecule has 36 heavy (non-hydrogen) atoms. The Bertz CT molecular complexity index is 1350. The third kappa shape index (κ3) is 5.97. The summed E-state index contributed by atoms with van der Waals surface area (Å²) >= 11 is 2.97. The summed E-state index contributed by atoms with van der Waals surface area (Å²) in [6, 6.07) is 23.6. The highest BCUT2D eigenvalue weighted by molar-refractivity contribution is 8.00. The number of thioether (sulfide) groups is 1. The number of carbonyl (C=O) groups is 2. The van der Waals surface area contributed by atoms with Gasteiger partial charge in [-0.05, 0) is 67.3 Å². The molecule has 1 aliphatic rings. The average Bonchev–Trinajstić information content (AvgIpc) is 3.30. The summed E-state index contributed by atoms with van der Waals surface area (Å²) in [5.41, 5.74) is 3.77. The van der Waals surface area contributed by atoms with E-state index in [4.69, 9.17) is 0 Å². The quantitative estimate of drug-likeness (QED) is 0.249. The van der Waals surface area contributed by atoms with Crippen molar-refractivity contribution < 1.29 is 9.59 Å². The zero-order chi connectivity index (χ0) is 24.9. The summed E-state index contributed by atoms with van der Waals surface area (Å²) in [4.78, 5) is 31.6. The molecule has 4 aromatic rings. The molecule has 0 saturated heterocycles. The van der Waals surface area contributed by atoms with Crippen LogP contribution in [0.4, 0.5) is 10.8 Å². The molecule has 0 spiro atoms. The topological polar surface area (TPSA) is 71.1 Å². The van der Waals surface area contributed by atoms with Crippen LogP contribution in [0.25, 0.3) is 10.2 Å². The smallest absolute Gasteiger partial charge is 0.244 e. The zero-order valence-electron chi connectivity index (χ0n) is 20.2. The molecular formula is C29H29N3O2S2. The van der Waals surface area contributed by atoms with E-state index in [0.29, 0.717) is 5.13 Å². The average molecular weight is 516 g/mol. The second-order valence-corrected chi connectivity index (χ2v) is 11.4. The minimum Gasteiger partial charge on any atom is -0.326 e. The highest BCUT2D eigenvalue weighted by Gasteiger charge is 2.24. The minimum atomic E-state index is -0.442. The number of aromatic nitrogens is 1. The summed E-state index contributed by atoms with van der Waals surface area (Å²) < 4.78 is 1.06. The molecule has 3 aromatic carbocycles. The molecule has 1 aromatic heterocycles. The van der Waals surface area contributed by atoms with Gasteiger partial charge in [0.15, 0.2) is 5.13 Å². The van der Waals surface area contributed by atoms with Crippen LogP contribution in [-0.4, -0.2) is 16.8 Å². The van der Waals surface area contributed by atoms with E-state index in [1.54, 1.807) is 0 Å². The Morgan fingerprint density at radius 3 is 2.44 bits per heavy atom. The molecule has 0 bridgehead atoms. The van der Waals surface area contributed by atoms with Gasteiger partial charge in [0.2, 0.25) is 11.8 Å². The molecule has 2 N–H and O–H groups in total.